The second-order valence-electron chi connectivity index (χ2n) is 6.03. The summed E-state index contributed by atoms with van der Waals surface area (Å²) in [6.07, 6.45) is 5.79. The van der Waals surface area contributed by atoms with E-state index in [1.54, 1.807) is 0 Å². The van der Waals surface area contributed by atoms with Gasteiger partial charge in [-0.05, 0) is 42.9 Å². The molecule has 0 amide bonds. The lowest BCUT2D eigenvalue weighted by atomic mass is 9.84. The second kappa shape index (κ2) is 5.60. The number of carbonyl (C=O) groups excluding carboxylic acids is 1. The summed E-state index contributed by atoms with van der Waals surface area (Å²) in [5, 5.41) is 3.41. The Morgan fingerprint density at radius 3 is 2.55 bits per heavy atom. The molecule has 1 saturated carbocycles. The molecule has 1 aliphatic heterocycles. The molecule has 0 bridgehead atoms. The molecule has 20 heavy (non-hydrogen) atoms. The number of halogens is 2. The van der Waals surface area contributed by atoms with Gasteiger partial charge in [0.1, 0.15) is 11.6 Å². The van der Waals surface area contributed by atoms with Crippen LogP contribution in [0.25, 0.3) is 0 Å². The normalized spacial score (nSPS) is 29.2. The van der Waals surface area contributed by atoms with Crippen molar-refractivity contribution >= 4 is 5.78 Å². The van der Waals surface area contributed by atoms with Crippen molar-refractivity contribution in [1.29, 1.82) is 0 Å². The van der Waals surface area contributed by atoms with Crippen LogP contribution in [0.15, 0.2) is 18.2 Å². The maximum Gasteiger partial charge on any atom is 0.154 e. The monoisotopic (exact) mass is 279 g/mol. The quantitative estimate of drug-likeness (QED) is 0.921. The lowest BCUT2D eigenvalue weighted by molar-refractivity contribution is -0.120. The van der Waals surface area contributed by atoms with Crippen LogP contribution in [0.4, 0.5) is 8.78 Å². The lowest BCUT2D eigenvalue weighted by Crippen LogP contribution is -2.37. The zero-order valence-corrected chi connectivity index (χ0v) is 11.4. The van der Waals surface area contributed by atoms with E-state index >= 15 is 0 Å². The molecule has 2 nitrogen and oxygen atoms in total. The molecule has 4 heteroatoms. The summed E-state index contributed by atoms with van der Waals surface area (Å²) >= 11 is 0. The van der Waals surface area contributed by atoms with Gasteiger partial charge in [-0.15, -0.1) is 0 Å². The van der Waals surface area contributed by atoms with E-state index in [9.17, 15) is 13.6 Å². The Morgan fingerprint density at radius 2 is 1.85 bits per heavy atom. The van der Waals surface area contributed by atoms with Gasteiger partial charge in [-0.2, -0.15) is 0 Å². The Bertz CT molecular complexity index is 483. The third-order valence-electron chi connectivity index (χ3n) is 4.55. The molecule has 0 aromatic heterocycles. The molecule has 3 rings (SSSR count). The minimum Gasteiger partial charge on any atom is -0.304 e. The number of fused-ring (bicyclic) bond motifs is 1. The van der Waals surface area contributed by atoms with Crippen LogP contribution in [0.5, 0.6) is 0 Å². The first kappa shape index (κ1) is 13.7. The smallest absolute Gasteiger partial charge is 0.154 e. The zero-order chi connectivity index (χ0) is 14.1. The largest absolute Gasteiger partial charge is 0.304 e. The van der Waals surface area contributed by atoms with Crippen LogP contribution < -0.4 is 5.32 Å². The molecule has 1 aliphatic carbocycles. The molecule has 1 N–H and O–H groups in total. The van der Waals surface area contributed by atoms with E-state index in [-0.39, 0.29) is 18.2 Å². The molecule has 1 aromatic rings. The Labute approximate surface area is 117 Å². The van der Waals surface area contributed by atoms with E-state index in [0.717, 1.165) is 18.9 Å². The van der Waals surface area contributed by atoms with Crippen LogP contribution in [0.3, 0.4) is 0 Å². The maximum absolute atomic E-state index is 13.1. The van der Waals surface area contributed by atoms with Crippen molar-refractivity contribution in [3.05, 3.63) is 35.4 Å². The van der Waals surface area contributed by atoms with Crippen molar-refractivity contribution in [2.24, 2.45) is 5.92 Å². The van der Waals surface area contributed by atoms with Crippen molar-refractivity contribution in [2.45, 2.75) is 50.6 Å². The van der Waals surface area contributed by atoms with Crippen molar-refractivity contribution < 1.29 is 13.6 Å². The standard InChI is InChI=1S/C16H19F2NO/c17-12-5-10(6-13(18)9-12)7-16(20)15-8-11-3-1-2-4-14(11)19-15/h5-6,9,11,14-15,19H,1-4,7-8H2. The van der Waals surface area contributed by atoms with Gasteiger partial charge in [0.15, 0.2) is 5.78 Å². The number of ketones is 1. The van der Waals surface area contributed by atoms with Gasteiger partial charge >= 0.3 is 0 Å². The summed E-state index contributed by atoms with van der Waals surface area (Å²) in [7, 11) is 0. The molecule has 2 fully saturated rings. The van der Waals surface area contributed by atoms with Crippen molar-refractivity contribution in [3.63, 3.8) is 0 Å². The first-order valence-electron chi connectivity index (χ1n) is 7.35. The van der Waals surface area contributed by atoms with Crippen molar-refractivity contribution in [1.82, 2.24) is 5.32 Å². The van der Waals surface area contributed by atoms with Gasteiger partial charge in [0.2, 0.25) is 0 Å². The first-order valence-corrected chi connectivity index (χ1v) is 7.35. The van der Waals surface area contributed by atoms with E-state index in [1.807, 2.05) is 0 Å². The van der Waals surface area contributed by atoms with Crippen LogP contribution in [-0.2, 0) is 11.2 Å². The summed E-state index contributed by atoms with van der Waals surface area (Å²) in [6.45, 7) is 0. The summed E-state index contributed by atoms with van der Waals surface area (Å²) in [5.41, 5.74) is 0.421. The summed E-state index contributed by atoms with van der Waals surface area (Å²) in [6, 6.07) is 3.62. The Morgan fingerprint density at radius 1 is 1.15 bits per heavy atom. The predicted molar refractivity (Wildman–Crippen MR) is 72.4 cm³/mol. The van der Waals surface area contributed by atoms with E-state index in [4.69, 9.17) is 0 Å². The van der Waals surface area contributed by atoms with Crippen LogP contribution in [0.1, 0.15) is 37.7 Å². The molecule has 0 radical (unpaired) electrons. The predicted octanol–water partition coefficient (Wildman–Crippen LogP) is 3.00. The summed E-state index contributed by atoms with van der Waals surface area (Å²) in [4.78, 5) is 12.3. The maximum atomic E-state index is 13.1. The highest BCUT2D eigenvalue weighted by Crippen LogP contribution is 2.33. The Balaban J connectivity index is 1.64. The SMILES string of the molecule is O=C(Cc1cc(F)cc(F)c1)C1CC2CCCCC2N1. The average Bonchev–Trinajstić information content (AvgIpc) is 2.81. The lowest BCUT2D eigenvalue weighted by Gasteiger charge is -2.24. The first-order chi connectivity index (χ1) is 9.61. The third-order valence-corrected chi connectivity index (χ3v) is 4.55. The number of rotatable bonds is 3. The Kier molecular flexibility index (Phi) is 3.83. The van der Waals surface area contributed by atoms with Gasteiger partial charge in [-0.25, -0.2) is 8.78 Å². The number of hydrogen-bond acceptors (Lipinski definition) is 2. The molecule has 1 aromatic carbocycles. The molecule has 3 unspecified atom stereocenters. The van der Waals surface area contributed by atoms with Crippen LogP contribution in [-0.4, -0.2) is 17.9 Å². The number of carbonyl (C=O) groups is 1. The van der Waals surface area contributed by atoms with E-state index in [1.165, 1.54) is 31.4 Å². The topological polar surface area (TPSA) is 29.1 Å². The van der Waals surface area contributed by atoms with Gasteiger partial charge in [0.25, 0.3) is 0 Å². The molecule has 3 atom stereocenters. The average molecular weight is 279 g/mol. The molecule has 1 heterocycles. The fourth-order valence-corrected chi connectivity index (χ4v) is 3.60. The van der Waals surface area contributed by atoms with Gasteiger partial charge in [0, 0.05) is 18.5 Å². The van der Waals surface area contributed by atoms with Gasteiger partial charge in [-0.1, -0.05) is 12.8 Å². The summed E-state index contributed by atoms with van der Waals surface area (Å²) < 4.78 is 26.3. The van der Waals surface area contributed by atoms with Crippen LogP contribution in [0.2, 0.25) is 0 Å². The van der Waals surface area contributed by atoms with Gasteiger partial charge in [0.05, 0.1) is 6.04 Å². The van der Waals surface area contributed by atoms with Crippen molar-refractivity contribution in [3.8, 4) is 0 Å². The van der Waals surface area contributed by atoms with E-state index < -0.39 is 11.6 Å². The highest BCUT2D eigenvalue weighted by molar-refractivity contribution is 5.86. The highest BCUT2D eigenvalue weighted by atomic mass is 19.1. The second-order valence-corrected chi connectivity index (χ2v) is 6.03. The van der Waals surface area contributed by atoms with E-state index in [0.29, 0.717) is 17.5 Å². The molecular weight excluding hydrogens is 260 g/mol. The fraction of sp³-hybridized carbons (Fsp3) is 0.562. The molecule has 0 spiro atoms. The van der Waals surface area contributed by atoms with Crippen molar-refractivity contribution in [2.75, 3.05) is 0 Å². The minimum absolute atomic E-state index is 0.0457. The highest BCUT2D eigenvalue weighted by Gasteiger charge is 2.37. The van der Waals surface area contributed by atoms with Crippen LogP contribution in [0, 0.1) is 17.6 Å². The Hall–Kier alpha value is -1.29. The number of benzene rings is 1. The number of Topliss-reactive ketones (excluding diaryl/α,β-unsaturated/α-hetero) is 1. The number of hydrogen-bond donors (Lipinski definition) is 1. The van der Waals surface area contributed by atoms with Crippen LogP contribution >= 0.6 is 0 Å². The zero-order valence-electron chi connectivity index (χ0n) is 11.4. The van der Waals surface area contributed by atoms with E-state index in [2.05, 4.69) is 5.32 Å². The number of nitrogens with one attached hydrogen (secondary N) is 1. The van der Waals surface area contributed by atoms with Gasteiger partial charge in [-0.3, -0.25) is 4.79 Å². The molecular formula is C16H19F2NO. The summed E-state index contributed by atoms with van der Waals surface area (Å²) in [5.74, 6) is -0.604. The minimum atomic E-state index is -0.624. The van der Waals surface area contributed by atoms with Gasteiger partial charge < -0.3 is 5.32 Å². The third kappa shape index (κ3) is 2.90. The molecule has 2 aliphatic rings. The molecule has 108 valence electrons. The fourth-order valence-electron chi connectivity index (χ4n) is 3.60. The molecule has 1 saturated heterocycles.